The molecule has 14 heavy (non-hydrogen) atoms. The third-order valence-electron chi connectivity index (χ3n) is 1.78. The van der Waals surface area contributed by atoms with Crippen molar-refractivity contribution in [3.05, 3.63) is 0 Å². The first-order chi connectivity index (χ1) is 6.26. The van der Waals surface area contributed by atoms with Crippen LogP contribution in [0.5, 0.6) is 0 Å². The summed E-state index contributed by atoms with van der Waals surface area (Å²) in [5, 5.41) is 0. The van der Waals surface area contributed by atoms with Crippen molar-refractivity contribution in [3.63, 3.8) is 0 Å². The third-order valence-corrected chi connectivity index (χ3v) is 1.78. The van der Waals surface area contributed by atoms with Gasteiger partial charge in [0.1, 0.15) is 5.60 Å². The van der Waals surface area contributed by atoms with Crippen molar-refractivity contribution in [1.82, 2.24) is 0 Å². The zero-order valence-corrected chi connectivity index (χ0v) is 9.96. The molecular weight excluding hydrogens is 178 g/mol. The molecule has 0 heterocycles. The van der Waals surface area contributed by atoms with Gasteiger partial charge in [0.05, 0.1) is 5.92 Å². The SMILES string of the molecule is CC(C)CC(CN)C(=O)OC(C)(C)C. The van der Waals surface area contributed by atoms with Crippen LogP contribution in [-0.4, -0.2) is 18.1 Å². The molecule has 3 heteroatoms. The lowest BCUT2D eigenvalue weighted by atomic mass is 9.97. The van der Waals surface area contributed by atoms with Crippen LogP contribution in [0.1, 0.15) is 41.0 Å². The summed E-state index contributed by atoms with van der Waals surface area (Å²) in [6.07, 6.45) is 0.797. The minimum atomic E-state index is -0.415. The predicted molar refractivity (Wildman–Crippen MR) is 57.8 cm³/mol. The quantitative estimate of drug-likeness (QED) is 0.707. The Morgan fingerprint density at radius 3 is 2.14 bits per heavy atom. The number of rotatable bonds is 4. The first-order valence-corrected chi connectivity index (χ1v) is 5.19. The van der Waals surface area contributed by atoms with Crippen LogP contribution in [0.25, 0.3) is 0 Å². The van der Waals surface area contributed by atoms with Crippen LogP contribution >= 0.6 is 0 Å². The van der Waals surface area contributed by atoms with E-state index < -0.39 is 5.60 Å². The van der Waals surface area contributed by atoms with E-state index in [0.29, 0.717) is 12.5 Å². The van der Waals surface area contributed by atoms with Crippen LogP contribution in [0.15, 0.2) is 0 Å². The van der Waals surface area contributed by atoms with Crippen molar-refractivity contribution in [2.45, 2.75) is 46.6 Å². The highest BCUT2D eigenvalue weighted by Crippen LogP contribution is 2.16. The molecule has 3 nitrogen and oxygen atoms in total. The first kappa shape index (κ1) is 13.4. The average molecular weight is 201 g/mol. The van der Waals surface area contributed by atoms with E-state index in [1.54, 1.807) is 0 Å². The zero-order chi connectivity index (χ0) is 11.4. The molecule has 1 atom stereocenters. The van der Waals surface area contributed by atoms with Gasteiger partial charge in [-0.15, -0.1) is 0 Å². The summed E-state index contributed by atoms with van der Waals surface area (Å²) in [5.41, 5.74) is 5.12. The molecule has 0 aliphatic carbocycles. The average Bonchev–Trinajstić information content (AvgIpc) is 1.96. The Bertz CT molecular complexity index is 182. The molecule has 0 saturated heterocycles. The predicted octanol–water partition coefficient (Wildman–Crippen LogP) is 1.95. The van der Waals surface area contributed by atoms with Gasteiger partial charge in [-0.25, -0.2) is 0 Å². The zero-order valence-electron chi connectivity index (χ0n) is 9.96. The van der Waals surface area contributed by atoms with E-state index in [1.807, 2.05) is 20.8 Å². The second kappa shape index (κ2) is 5.35. The van der Waals surface area contributed by atoms with Crippen molar-refractivity contribution in [2.75, 3.05) is 6.54 Å². The highest BCUT2D eigenvalue weighted by atomic mass is 16.6. The summed E-state index contributed by atoms with van der Waals surface area (Å²) < 4.78 is 5.27. The Labute approximate surface area is 87.0 Å². The van der Waals surface area contributed by atoms with Crippen LogP contribution in [0.2, 0.25) is 0 Å². The lowest BCUT2D eigenvalue weighted by Crippen LogP contribution is -2.33. The van der Waals surface area contributed by atoms with Crippen LogP contribution in [0.3, 0.4) is 0 Å². The van der Waals surface area contributed by atoms with E-state index in [4.69, 9.17) is 10.5 Å². The molecule has 0 rings (SSSR count). The number of esters is 1. The number of hydrogen-bond donors (Lipinski definition) is 1. The maximum absolute atomic E-state index is 11.6. The molecule has 0 aromatic carbocycles. The third kappa shape index (κ3) is 5.97. The maximum atomic E-state index is 11.6. The molecule has 0 amide bonds. The molecular formula is C11H23NO2. The molecule has 0 aliphatic heterocycles. The van der Waals surface area contributed by atoms with Crippen molar-refractivity contribution in [3.8, 4) is 0 Å². The van der Waals surface area contributed by atoms with Gasteiger partial charge in [0.15, 0.2) is 0 Å². The number of carbonyl (C=O) groups is 1. The first-order valence-electron chi connectivity index (χ1n) is 5.19. The van der Waals surface area contributed by atoms with E-state index in [1.165, 1.54) is 0 Å². The second-order valence-corrected chi connectivity index (χ2v) is 5.10. The number of carbonyl (C=O) groups excluding carboxylic acids is 1. The van der Waals surface area contributed by atoms with Gasteiger partial charge >= 0.3 is 5.97 Å². The number of hydrogen-bond acceptors (Lipinski definition) is 3. The van der Waals surface area contributed by atoms with E-state index in [9.17, 15) is 4.79 Å². The summed E-state index contributed by atoms with van der Waals surface area (Å²) in [7, 11) is 0. The standard InChI is InChI=1S/C11H23NO2/c1-8(2)6-9(7-12)10(13)14-11(3,4)5/h8-9H,6-7,12H2,1-5H3. The Morgan fingerprint density at radius 1 is 1.36 bits per heavy atom. The van der Waals surface area contributed by atoms with Crippen LogP contribution in [-0.2, 0) is 9.53 Å². The number of ether oxygens (including phenoxy) is 1. The maximum Gasteiger partial charge on any atom is 0.310 e. The molecule has 0 saturated carbocycles. The summed E-state index contributed by atoms with van der Waals surface area (Å²) in [6, 6.07) is 0. The number of nitrogens with two attached hydrogens (primary N) is 1. The van der Waals surface area contributed by atoms with Gasteiger partial charge in [-0.05, 0) is 33.1 Å². The van der Waals surface area contributed by atoms with E-state index in [2.05, 4.69) is 13.8 Å². The highest BCUT2D eigenvalue weighted by Gasteiger charge is 2.24. The van der Waals surface area contributed by atoms with Gasteiger partial charge in [-0.1, -0.05) is 13.8 Å². The van der Waals surface area contributed by atoms with Crippen LogP contribution in [0, 0.1) is 11.8 Å². The van der Waals surface area contributed by atoms with Gasteiger partial charge < -0.3 is 10.5 Å². The smallest absolute Gasteiger partial charge is 0.310 e. The Hall–Kier alpha value is -0.570. The van der Waals surface area contributed by atoms with Crippen LogP contribution in [0.4, 0.5) is 0 Å². The van der Waals surface area contributed by atoms with Gasteiger partial charge in [0, 0.05) is 6.54 Å². The van der Waals surface area contributed by atoms with E-state index in [-0.39, 0.29) is 11.9 Å². The lowest BCUT2D eigenvalue weighted by Gasteiger charge is -2.24. The molecule has 0 aromatic rings. The molecule has 1 unspecified atom stereocenters. The topological polar surface area (TPSA) is 52.3 Å². The van der Waals surface area contributed by atoms with Gasteiger partial charge in [-0.2, -0.15) is 0 Å². The summed E-state index contributed by atoms with van der Waals surface area (Å²) in [4.78, 5) is 11.6. The van der Waals surface area contributed by atoms with Crippen molar-refractivity contribution >= 4 is 5.97 Å². The van der Waals surface area contributed by atoms with Crippen molar-refractivity contribution in [2.24, 2.45) is 17.6 Å². The minimum absolute atomic E-state index is 0.158. The fourth-order valence-electron chi connectivity index (χ4n) is 1.24. The summed E-state index contributed by atoms with van der Waals surface area (Å²) in [6.45, 7) is 10.1. The Morgan fingerprint density at radius 2 is 1.86 bits per heavy atom. The van der Waals surface area contributed by atoms with Crippen molar-refractivity contribution < 1.29 is 9.53 Å². The minimum Gasteiger partial charge on any atom is -0.460 e. The monoisotopic (exact) mass is 201 g/mol. The highest BCUT2D eigenvalue weighted by molar-refractivity contribution is 5.73. The molecule has 0 radical (unpaired) electrons. The second-order valence-electron chi connectivity index (χ2n) is 5.10. The van der Waals surface area contributed by atoms with Gasteiger partial charge in [-0.3, -0.25) is 4.79 Å². The van der Waals surface area contributed by atoms with E-state index >= 15 is 0 Å². The largest absolute Gasteiger partial charge is 0.460 e. The molecule has 0 bridgehead atoms. The van der Waals surface area contributed by atoms with Crippen LogP contribution < -0.4 is 5.73 Å². The van der Waals surface area contributed by atoms with Crippen molar-refractivity contribution in [1.29, 1.82) is 0 Å². The fourth-order valence-corrected chi connectivity index (χ4v) is 1.24. The molecule has 0 fully saturated rings. The molecule has 84 valence electrons. The summed E-state index contributed by atoms with van der Waals surface area (Å²) >= 11 is 0. The summed E-state index contributed by atoms with van der Waals surface area (Å²) in [5.74, 6) is 0.138. The van der Waals surface area contributed by atoms with Gasteiger partial charge in [0.2, 0.25) is 0 Å². The molecule has 2 N–H and O–H groups in total. The van der Waals surface area contributed by atoms with Gasteiger partial charge in [0.25, 0.3) is 0 Å². The molecule has 0 aromatic heterocycles. The fraction of sp³-hybridized carbons (Fsp3) is 0.909. The lowest BCUT2D eigenvalue weighted by molar-refractivity contribution is -0.160. The Kier molecular flexibility index (Phi) is 5.13. The normalized spacial score (nSPS) is 14.2. The van der Waals surface area contributed by atoms with E-state index in [0.717, 1.165) is 6.42 Å². The molecule has 0 spiro atoms. The Balaban J connectivity index is 4.18. The molecule has 0 aliphatic rings.